The number of nitrogens with zero attached hydrogens (tertiary/aromatic N) is 2. The van der Waals surface area contributed by atoms with Gasteiger partial charge in [-0.15, -0.1) is 0 Å². The zero-order valence-corrected chi connectivity index (χ0v) is 13.6. The average molecular weight is 338 g/mol. The lowest BCUT2D eigenvalue weighted by molar-refractivity contribution is -0.121. The minimum Gasteiger partial charge on any atom is -0.355 e. The summed E-state index contributed by atoms with van der Waals surface area (Å²) in [5, 5.41) is 11.8. The summed E-state index contributed by atoms with van der Waals surface area (Å²) in [6.07, 6.45) is 3.37. The second kappa shape index (κ2) is 6.77. The van der Waals surface area contributed by atoms with Crippen LogP contribution in [0.4, 0.5) is 0 Å². The third kappa shape index (κ3) is 3.69. The molecule has 7 heteroatoms. The van der Waals surface area contributed by atoms with Crippen molar-refractivity contribution < 1.29 is 4.79 Å². The van der Waals surface area contributed by atoms with Gasteiger partial charge in [0.25, 0.3) is 5.56 Å². The first kappa shape index (κ1) is 16.7. The van der Waals surface area contributed by atoms with Crippen molar-refractivity contribution in [2.24, 2.45) is 0 Å². The fourth-order valence-corrected chi connectivity index (χ4v) is 2.84. The Morgan fingerprint density at radius 3 is 2.64 bits per heavy atom. The van der Waals surface area contributed by atoms with E-state index in [1.165, 1.54) is 16.3 Å². The summed E-state index contributed by atoms with van der Waals surface area (Å²) < 4.78 is 1.17. The van der Waals surface area contributed by atoms with Crippen LogP contribution in [0, 0.1) is 11.3 Å². The standard InChI is InChI=1S/C18H18N4O3/c19-10-13-11-22(17(25)21-16(13)24)9-6-15(23)20-12-18(7-8-18)14-4-2-1-3-5-14/h1-5,11H,6-9,12H2,(H,20,23)(H,21,24,25). The molecule has 7 nitrogen and oxygen atoms in total. The number of nitrogens with one attached hydrogen (secondary N) is 2. The van der Waals surface area contributed by atoms with Gasteiger partial charge < -0.3 is 5.32 Å². The van der Waals surface area contributed by atoms with Gasteiger partial charge in [-0.1, -0.05) is 30.3 Å². The number of hydrogen-bond donors (Lipinski definition) is 2. The quantitative estimate of drug-likeness (QED) is 0.806. The molecule has 1 saturated carbocycles. The predicted molar refractivity (Wildman–Crippen MR) is 91.0 cm³/mol. The van der Waals surface area contributed by atoms with E-state index >= 15 is 0 Å². The Kier molecular flexibility index (Phi) is 4.52. The number of carbonyl (C=O) groups excluding carboxylic acids is 1. The third-order valence-corrected chi connectivity index (χ3v) is 4.57. The van der Waals surface area contributed by atoms with Gasteiger partial charge in [-0.25, -0.2) is 4.79 Å². The number of rotatable bonds is 6. The second-order valence-electron chi connectivity index (χ2n) is 6.28. The maximum atomic E-state index is 12.1. The zero-order valence-electron chi connectivity index (χ0n) is 13.6. The molecule has 0 spiro atoms. The lowest BCUT2D eigenvalue weighted by Gasteiger charge is -2.16. The number of aryl methyl sites for hydroxylation is 1. The molecular weight excluding hydrogens is 320 g/mol. The lowest BCUT2D eigenvalue weighted by atomic mass is 9.96. The molecule has 128 valence electrons. The van der Waals surface area contributed by atoms with E-state index in [0.717, 1.165) is 12.8 Å². The van der Waals surface area contributed by atoms with Crippen molar-refractivity contribution in [3.8, 4) is 6.07 Å². The zero-order chi connectivity index (χ0) is 17.9. The molecule has 3 rings (SSSR count). The maximum Gasteiger partial charge on any atom is 0.328 e. The molecule has 1 aliphatic rings. The largest absolute Gasteiger partial charge is 0.355 e. The molecule has 1 heterocycles. The number of carbonyl (C=O) groups is 1. The van der Waals surface area contributed by atoms with Crippen LogP contribution >= 0.6 is 0 Å². The van der Waals surface area contributed by atoms with Crippen LogP contribution in [-0.2, 0) is 16.8 Å². The fraction of sp³-hybridized carbons (Fsp3) is 0.333. The van der Waals surface area contributed by atoms with Gasteiger partial charge in [0.1, 0.15) is 11.6 Å². The van der Waals surface area contributed by atoms with E-state index in [4.69, 9.17) is 5.26 Å². The third-order valence-electron chi connectivity index (χ3n) is 4.57. The summed E-state index contributed by atoms with van der Waals surface area (Å²) in [4.78, 5) is 37.2. The molecule has 0 atom stereocenters. The van der Waals surface area contributed by atoms with Crippen molar-refractivity contribution in [3.63, 3.8) is 0 Å². The number of benzene rings is 1. The van der Waals surface area contributed by atoms with Crippen LogP contribution in [0.3, 0.4) is 0 Å². The second-order valence-corrected chi connectivity index (χ2v) is 6.28. The highest BCUT2D eigenvalue weighted by Crippen LogP contribution is 2.47. The minimum absolute atomic E-state index is 0.0275. The summed E-state index contributed by atoms with van der Waals surface area (Å²) in [5.41, 5.74) is -0.238. The van der Waals surface area contributed by atoms with Gasteiger partial charge in [-0.2, -0.15) is 5.26 Å². The summed E-state index contributed by atoms with van der Waals surface area (Å²) >= 11 is 0. The summed E-state index contributed by atoms with van der Waals surface area (Å²) in [5.74, 6) is -0.168. The number of aromatic amines is 1. The van der Waals surface area contributed by atoms with Crippen molar-refractivity contribution in [3.05, 3.63) is 68.5 Å². The van der Waals surface area contributed by atoms with E-state index in [-0.39, 0.29) is 29.9 Å². The Bertz CT molecular complexity index is 933. The Morgan fingerprint density at radius 2 is 2.00 bits per heavy atom. The highest BCUT2D eigenvalue weighted by atomic mass is 16.2. The van der Waals surface area contributed by atoms with Gasteiger partial charge in [0, 0.05) is 31.1 Å². The molecule has 1 aromatic carbocycles. The van der Waals surface area contributed by atoms with Gasteiger partial charge >= 0.3 is 5.69 Å². The number of hydrogen-bond acceptors (Lipinski definition) is 4. The first-order valence-corrected chi connectivity index (χ1v) is 8.10. The van der Waals surface area contributed by atoms with Crippen molar-refractivity contribution in [2.45, 2.75) is 31.2 Å². The molecule has 2 aromatic rings. The minimum atomic E-state index is -0.716. The van der Waals surface area contributed by atoms with Crippen LogP contribution in [0.15, 0.2) is 46.1 Å². The van der Waals surface area contributed by atoms with E-state index < -0.39 is 11.2 Å². The molecule has 1 amide bonds. The SMILES string of the molecule is N#Cc1cn(CCC(=O)NCC2(c3ccccc3)CC2)c(=O)[nH]c1=O. The summed E-state index contributed by atoms with van der Waals surface area (Å²) in [6.45, 7) is 0.675. The maximum absolute atomic E-state index is 12.1. The first-order chi connectivity index (χ1) is 12.0. The molecule has 25 heavy (non-hydrogen) atoms. The normalized spacial score (nSPS) is 14.5. The summed E-state index contributed by atoms with van der Waals surface area (Å²) in [7, 11) is 0. The van der Waals surface area contributed by atoms with Crippen molar-refractivity contribution >= 4 is 5.91 Å². The van der Waals surface area contributed by atoms with Crippen LogP contribution in [0.5, 0.6) is 0 Å². The molecule has 0 bridgehead atoms. The van der Waals surface area contributed by atoms with Gasteiger partial charge in [-0.3, -0.25) is 19.1 Å². The topological polar surface area (TPSA) is 108 Å². The molecular formula is C18H18N4O3. The number of aromatic nitrogens is 2. The van der Waals surface area contributed by atoms with Crippen molar-refractivity contribution in [1.82, 2.24) is 14.9 Å². The molecule has 0 saturated heterocycles. The summed E-state index contributed by atoms with van der Waals surface area (Å²) in [6, 6.07) is 11.8. The van der Waals surface area contributed by atoms with Gasteiger partial charge in [-0.05, 0) is 18.4 Å². The van der Waals surface area contributed by atoms with E-state index in [1.807, 2.05) is 18.2 Å². The monoisotopic (exact) mass is 338 g/mol. The molecule has 0 unspecified atom stereocenters. The van der Waals surface area contributed by atoms with E-state index in [1.54, 1.807) is 6.07 Å². The van der Waals surface area contributed by atoms with E-state index in [2.05, 4.69) is 22.4 Å². The van der Waals surface area contributed by atoms with E-state index in [0.29, 0.717) is 6.54 Å². The molecule has 1 aromatic heterocycles. The smallest absolute Gasteiger partial charge is 0.328 e. The van der Waals surface area contributed by atoms with Gasteiger partial charge in [0.15, 0.2) is 0 Å². The Morgan fingerprint density at radius 1 is 1.28 bits per heavy atom. The molecule has 0 radical (unpaired) electrons. The Balaban J connectivity index is 1.57. The van der Waals surface area contributed by atoms with Gasteiger partial charge in [0.2, 0.25) is 5.91 Å². The Hall–Kier alpha value is -3.14. The number of amides is 1. The highest BCUT2D eigenvalue weighted by molar-refractivity contribution is 5.76. The molecule has 1 aliphatic carbocycles. The van der Waals surface area contributed by atoms with Crippen molar-refractivity contribution in [1.29, 1.82) is 5.26 Å². The molecule has 0 aliphatic heterocycles. The van der Waals surface area contributed by atoms with Gasteiger partial charge in [0.05, 0.1) is 0 Å². The highest BCUT2D eigenvalue weighted by Gasteiger charge is 2.44. The Labute approximate surface area is 143 Å². The van der Waals surface area contributed by atoms with Crippen LogP contribution in [0.2, 0.25) is 0 Å². The lowest BCUT2D eigenvalue weighted by Crippen LogP contribution is -2.35. The average Bonchev–Trinajstić information content (AvgIpc) is 3.41. The van der Waals surface area contributed by atoms with Crippen molar-refractivity contribution in [2.75, 3.05) is 6.54 Å². The van der Waals surface area contributed by atoms with Crippen LogP contribution < -0.4 is 16.6 Å². The number of nitriles is 1. The molecule has 2 N–H and O–H groups in total. The first-order valence-electron chi connectivity index (χ1n) is 8.10. The molecule has 1 fully saturated rings. The number of H-pyrrole nitrogens is 1. The van der Waals surface area contributed by atoms with Crippen LogP contribution in [0.1, 0.15) is 30.4 Å². The fourth-order valence-electron chi connectivity index (χ4n) is 2.84. The van der Waals surface area contributed by atoms with Crippen LogP contribution in [-0.4, -0.2) is 22.0 Å². The van der Waals surface area contributed by atoms with E-state index in [9.17, 15) is 14.4 Å². The van der Waals surface area contributed by atoms with Crippen LogP contribution in [0.25, 0.3) is 0 Å². The predicted octanol–water partition coefficient (Wildman–Crippen LogP) is 0.646.